The molecule has 1 N–H and O–H groups in total. The number of hydrogen-bond donors (Lipinski definition) is 1. The van der Waals surface area contributed by atoms with Crippen molar-refractivity contribution in [1.82, 2.24) is 15.1 Å². The van der Waals surface area contributed by atoms with Gasteiger partial charge >= 0.3 is 0 Å². The standard InChI is InChI=1S/C18H22FN3O/c1-4-18(2,3)20-17(23)16-14-6-5-7-15(14)22(21-16)13-10-8-12(19)9-11-13/h8-11H,4-7H2,1-3H3,(H,20,23). The van der Waals surface area contributed by atoms with Crippen molar-refractivity contribution < 1.29 is 9.18 Å². The van der Waals surface area contributed by atoms with E-state index in [1.807, 2.05) is 20.8 Å². The van der Waals surface area contributed by atoms with Crippen LogP contribution in [0.5, 0.6) is 0 Å². The number of fused-ring (bicyclic) bond motifs is 1. The lowest BCUT2D eigenvalue weighted by Gasteiger charge is -2.24. The number of benzene rings is 1. The second-order valence-corrected chi connectivity index (χ2v) is 6.71. The number of nitrogens with zero attached hydrogens (tertiary/aromatic N) is 2. The zero-order valence-electron chi connectivity index (χ0n) is 13.8. The van der Waals surface area contributed by atoms with E-state index < -0.39 is 0 Å². The molecule has 0 bridgehead atoms. The van der Waals surface area contributed by atoms with Gasteiger partial charge in [0, 0.05) is 16.8 Å². The van der Waals surface area contributed by atoms with Crippen LogP contribution in [-0.4, -0.2) is 21.2 Å². The van der Waals surface area contributed by atoms with Gasteiger partial charge in [-0.05, 0) is 63.8 Å². The Bertz CT molecular complexity index is 731. The smallest absolute Gasteiger partial charge is 0.272 e. The molecule has 2 aromatic rings. The van der Waals surface area contributed by atoms with E-state index in [1.165, 1.54) is 12.1 Å². The Morgan fingerprint density at radius 3 is 2.65 bits per heavy atom. The Morgan fingerprint density at radius 1 is 1.30 bits per heavy atom. The fourth-order valence-corrected chi connectivity index (χ4v) is 2.87. The minimum Gasteiger partial charge on any atom is -0.346 e. The maximum absolute atomic E-state index is 13.1. The highest BCUT2D eigenvalue weighted by Gasteiger charge is 2.29. The van der Waals surface area contributed by atoms with E-state index in [4.69, 9.17) is 0 Å². The van der Waals surface area contributed by atoms with Gasteiger partial charge in [-0.2, -0.15) is 5.10 Å². The molecule has 23 heavy (non-hydrogen) atoms. The van der Waals surface area contributed by atoms with Gasteiger partial charge in [-0.1, -0.05) is 6.92 Å². The predicted molar refractivity (Wildman–Crippen MR) is 87.4 cm³/mol. The van der Waals surface area contributed by atoms with Crippen LogP contribution in [0, 0.1) is 5.82 Å². The molecule has 1 aliphatic rings. The first-order valence-electron chi connectivity index (χ1n) is 8.10. The average molecular weight is 315 g/mol. The first-order chi connectivity index (χ1) is 10.9. The van der Waals surface area contributed by atoms with Crippen molar-refractivity contribution >= 4 is 5.91 Å². The van der Waals surface area contributed by atoms with Crippen LogP contribution in [0.15, 0.2) is 24.3 Å². The Hall–Kier alpha value is -2.17. The maximum atomic E-state index is 13.1. The molecule has 1 aromatic heterocycles. The quantitative estimate of drug-likeness (QED) is 0.940. The summed E-state index contributed by atoms with van der Waals surface area (Å²) in [6, 6.07) is 6.22. The molecule has 1 heterocycles. The Balaban J connectivity index is 1.99. The van der Waals surface area contributed by atoms with Crippen LogP contribution in [0.4, 0.5) is 4.39 Å². The number of amides is 1. The summed E-state index contributed by atoms with van der Waals surface area (Å²) in [6.45, 7) is 6.05. The van der Waals surface area contributed by atoms with E-state index in [0.717, 1.165) is 42.6 Å². The number of nitrogens with one attached hydrogen (secondary N) is 1. The van der Waals surface area contributed by atoms with Crippen molar-refractivity contribution in [3.8, 4) is 5.69 Å². The highest BCUT2D eigenvalue weighted by Crippen LogP contribution is 2.28. The zero-order chi connectivity index (χ0) is 16.6. The van der Waals surface area contributed by atoms with Crippen LogP contribution < -0.4 is 5.32 Å². The number of rotatable bonds is 4. The molecule has 1 aromatic carbocycles. The van der Waals surface area contributed by atoms with Crippen LogP contribution >= 0.6 is 0 Å². The SMILES string of the molecule is CCC(C)(C)NC(=O)c1nn(-c2ccc(F)cc2)c2c1CCC2. The maximum Gasteiger partial charge on any atom is 0.272 e. The van der Waals surface area contributed by atoms with Crippen LogP contribution in [-0.2, 0) is 12.8 Å². The minimum absolute atomic E-state index is 0.129. The number of hydrogen-bond acceptors (Lipinski definition) is 2. The highest BCUT2D eigenvalue weighted by molar-refractivity contribution is 5.94. The third kappa shape index (κ3) is 3.00. The van der Waals surface area contributed by atoms with E-state index in [2.05, 4.69) is 10.4 Å². The second-order valence-electron chi connectivity index (χ2n) is 6.71. The molecular weight excluding hydrogens is 293 g/mol. The monoisotopic (exact) mass is 315 g/mol. The topological polar surface area (TPSA) is 46.9 Å². The number of carbonyl (C=O) groups is 1. The molecule has 0 unspecified atom stereocenters. The number of aromatic nitrogens is 2. The molecule has 5 heteroatoms. The summed E-state index contributed by atoms with van der Waals surface area (Å²) in [5.74, 6) is -0.406. The molecule has 0 spiro atoms. The second kappa shape index (κ2) is 5.80. The molecule has 0 atom stereocenters. The molecule has 3 rings (SSSR count). The molecule has 0 aliphatic heterocycles. The summed E-state index contributed by atoms with van der Waals surface area (Å²) in [6.07, 6.45) is 3.63. The largest absolute Gasteiger partial charge is 0.346 e. The number of halogens is 1. The summed E-state index contributed by atoms with van der Waals surface area (Å²) in [7, 11) is 0. The third-order valence-electron chi connectivity index (χ3n) is 4.55. The summed E-state index contributed by atoms with van der Waals surface area (Å²) >= 11 is 0. The van der Waals surface area contributed by atoms with Gasteiger partial charge in [0.15, 0.2) is 5.69 Å². The molecule has 0 radical (unpaired) electrons. The lowest BCUT2D eigenvalue weighted by atomic mass is 10.0. The number of carbonyl (C=O) groups excluding carboxylic acids is 1. The minimum atomic E-state index is -0.278. The highest BCUT2D eigenvalue weighted by atomic mass is 19.1. The van der Waals surface area contributed by atoms with E-state index in [9.17, 15) is 9.18 Å². The van der Waals surface area contributed by atoms with Gasteiger partial charge in [0.05, 0.1) is 5.69 Å². The third-order valence-corrected chi connectivity index (χ3v) is 4.55. The van der Waals surface area contributed by atoms with E-state index >= 15 is 0 Å². The predicted octanol–water partition coefficient (Wildman–Crippen LogP) is 3.42. The van der Waals surface area contributed by atoms with E-state index in [1.54, 1.807) is 16.8 Å². The Labute approximate surface area is 135 Å². The summed E-state index contributed by atoms with van der Waals surface area (Å²) < 4.78 is 14.9. The van der Waals surface area contributed by atoms with Crippen molar-refractivity contribution in [1.29, 1.82) is 0 Å². The summed E-state index contributed by atoms with van der Waals surface area (Å²) in [5, 5.41) is 7.58. The van der Waals surface area contributed by atoms with E-state index in [0.29, 0.717) is 5.69 Å². The van der Waals surface area contributed by atoms with Gasteiger partial charge in [0.1, 0.15) is 5.82 Å². The molecule has 0 saturated heterocycles. The molecule has 4 nitrogen and oxygen atoms in total. The van der Waals surface area contributed by atoms with Gasteiger partial charge in [0.2, 0.25) is 0 Å². The van der Waals surface area contributed by atoms with Crippen molar-refractivity contribution in [3.63, 3.8) is 0 Å². The normalized spacial score (nSPS) is 13.9. The summed E-state index contributed by atoms with van der Waals surface area (Å²) in [5.41, 5.74) is 3.12. The van der Waals surface area contributed by atoms with E-state index in [-0.39, 0.29) is 17.3 Å². The first kappa shape index (κ1) is 15.7. The average Bonchev–Trinajstić information content (AvgIpc) is 3.10. The van der Waals surface area contributed by atoms with Crippen molar-refractivity contribution in [3.05, 3.63) is 47.0 Å². The van der Waals surface area contributed by atoms with Crippen molar-refractivity contribution in [2.24, 2.45) is 0 Å². The van der Waals surface area contributed by atoms with Gasteiger partial charge in [-0.25, -0.2) is 9.07 Å². The lowest BCUT2D eigenvalue weighted by molar-refractivity contribution is 0.0904. The van der Waals surface area contributed by atoms with Crippen LogP contribution in [0.3, 0.4) is 0 Å². The fraction of sp³-hybridized carbons (Fsp3) is 0.444. The van der Waals surface area contributed by atoms with Gasteiger partial charge in [-0.3, -0.25) is 4.79 Å². The van der Waals surface area contributed by atoms with Crippen molar-refractivity contribution in [2.45, 2.75) is 52.0 Å². The van der Waals surface area contributed by atoms with Crippen LogP contribution in [0.1, 0.15) is 55.4 Å². The first-order valence-corrected chi connectivity index (χ1v) is 8.10. The lowest BCUT2D eigenvalue weighted by Crippen LogP contribution is -2.43. The van der Waals surface area contributed by atoms with Gasteiger partial charge < -0.3 is 5.32 Å². The van der Waals surface area contributed by atoms with Crippen LogP contribution in [0.2, 0.25) is 0 Å². The molecule has 0 saturated carbocycles. The molecule has 1 amide bonds. The molecule has 1 aliphatic carbocycles. The molecular formula is C18H22FN3O. The van der Waals surface area contributed by atoms with Crippen molar-refractivity contribution in [2.75, 3.05) is 0 Å². The summed E-state index contributed by atoms with van der Waals surface area (Å²) in [4.78, 5) is 12.6. The molecule has 122 valence electrons. The van der Waals surface area contributed by atoms with Gasteiger partial charge in [-0.15, -0.1) is 0 Å². The fourth-order valence-electron chi connectivity index (χ4n) is 2.87. The Morgan fingerprint density at radius 2 is 2.00 bits per heavy atom. The Kier molecular flexibility index (Phi) is 3.96. The molecule has 0 fully saturated rings. The van der Waals surface area contributed by atoms with Gasteiger partial charge in [0.25, 0.3) is 5.91 Å². The van der Waals surface area contributed by atoms with Crippen LogP contribution in [0.25, 0.3) is 5.69 Å². The zero-order valence-corrected chi connectivity index (χ0v) is 13.8.